The minimum Gasteiger partial charge on any atom is -0.307 e. The van der Waals surface area contributed by atoms with Gasteiger partial charge in [-0.05, 0) is 51.0 Å². The highest BCUT2D eigenvalue weighted by molar-refractivity contribution is 7.92. The van der Waals surface area contributed by atoms with Crippen molar-refractivity contribution in [1.82, 2.24) is 9.78 Å². The quantitative estimate of drug-likeness (QED) is 0.905. The van der Waals surface area contributed by atoms with Crippen LogP contribution >= 0.6 is 0 Å². The number of nitrogens with zero attached hydrogens (tertiary/aromatic N) is 3. The molecule has 0 bridgehead atoms. The first-order chi connectivity index (χ1) is 11.7. The van der Waals surface area contributed by atoms with Gasteiger partial charge in [-0.2, -0.15) is 5.10 Å². The van der Waals surface area contributed by atoms with Gasteiger partial charge >= 0.3 is 0 Å². The van der Waals surface area contributed by atoms with E-state index < -0.39 is 10.0 Å². The van der Waals surface area contributed by atoms with Gasteiger partial charge in [-0.1, -0.05) is 0 Å². The van der Waals surface area contributed by atoms with Crippen molar-refractivity contribution in [2.24, 2.45) is 0 Å². The largest absolute Gasteiger partial charge is 0.307 e. The normalized spacial score (nSPS) is 17.0. The summed E-state index contributed by atoms with van der Waals surface area (Å²) in [6, 6.07) is 6.86. The molecule has 0 saturated heterocycles. The summed E-state index contributed by atoms with van der Waals surface area (Å²) in [6.45, 7) is 5.83. The monoisotopic (exact) mass is 362 g/mol. The van der Waals surface area contributed by atoms with E-state index >= 15 is 0 Å². The number of amides is 1. The van der Waals surface area contributed by atoms with E-state index in [4.69, 9.17) is 0 Å². The standard InChI is InChI=1S/C17H22N4O3S/c1-11(2)20-16(7-8-18-20)19-17(22)13-5-6-15-14(10-13)9-12(3)21(15)25(4,23)24/h5-8,10-12H,9H2,1-4H3,(H,19,22)/t12-/m0/s1. The maximum absolute atomic E-state index is 12.6. The lowest BCUT2D eigenvalue weighted by molar-refractivity contribution is 0.102. The molecule has 8 heteroatoms. The molecule has 2 aromatic rings. The maximum atomic E-state index is 12.6. The Morgan fingerprint density at radius 2 is 2.04 bits per heavy atom. The Hall–Kier alpha value is -2.35. The molecule has 0 saturated carbocycles. The molecule has 0 fully saturated rings. The molecule has 1 aromatic carbocycles. The number of hydrogen-bond acceptors (Lipinski definition) is 4. The van der Waals surface area contributed by atoms with Crippen LogP contribution in [0.2, 0.25) is 0 Å². The maximum Gasteiger partial charge on any atom is 0.256 e. The van der Waals surface area contributed by atoms with Crippen molar-refractivity contribution in [3.8, 4) is 0 Å². The van der Waals surface area contributed by atoms with Crippen LogP contribution in [0.15, 0.2) is 30.5 Å². The molecule has 134 valence electrons. The molecule has 2 heterocycles. The summed E-state index contributed by atoms with van der Waals surface area (Å²) in [6.07, 6.45) is 3.43. The van der Waals surface area contributed by atoms with Crippen molar-refractivity contribution in [2.75, 3.05) is 15.9 Å². The molecule has 0 aliphatic carbocycles. The number of carbonyl (C=O) groups excluding carboxylic acids is 1. The minimum absolute atomic E-state index is 0.134. The van der Waals surface area contributed by atoms with E-state index in [0.29, 0.717) is 23.5 Å². The first-order valence-electron chi connectivity index (χ1n) is 8.15. The number of hydrogen-bond donors (Lipinski definition) is 1. The number of fused-ring (bicyclic) bond motifs is 1. The van der Waals surface area contributed by atoms with Crippen molar-refractivity contribution < 1.29 is 13.2 Å². The van der Waals surface area contributed by atoms with Crippen molar-refractivity contribution in [2.45, 2.75) is 39.3 Å². The van der Waals surface area contributed by atoms with Crippen molar-refractivity contribution in [3.63, 3.8) is 0 Å². The summed E-state index contributed by atoms with van der Waals surface area (Å²) in [5, 5.41) is 7.06. The van der Waals surface area contributed by atoms with E-state index in [1.165, 1.54) is 10.6 Å². The second-order valence-corrected chi connectivity index (χ2v) is 8.52. The summed E-state index contributed by atoms with van der Waals surface area (Å²) < 4.78 is 27.1. The van der Waals surface area contributed by atoms with Crippen LogP contribution in [0.4, 0.5) is 11.5 Å². The Bertz CT molecular complexity index is 918. The predicted octanol–water partition coefficient (Wildman–Crippen LogP) is 2.43. The third kappa shape index (κ3) is 3.26. The van der Waals surface area contributed by atoms with Gasteiger partial charge in [0.25, 0.3) is 5.91 Å². The van der Waals surface area contributed by atoms with Crippen LogP contribution in [0.25, 0.3) is 0 Å². The number of benzene rings is 1. The third-order valence-electron chi connectivity index (χ3n) is 4.25. The molecule has 3 rings (SSSR count). The van der Waals surface area contributed by atoms with Gasteiger partial charge in [0.2, 0.25) is 10.0 Å². The number of sulfonamides is 1. The Morgan fingerprint density at radius 1 is 1.32 bits per heavy atom. The second-order valence-electron chi connectivity index (χ2n) is 6.66. The summed E-state index contributed by atoms with van der Waals surface area (Å²) in [4.78, 5) is 12.6. The van der Waals surface area contributed by atoms with Gasteiger partial charge < -0.3 is 5.32 Å². The number of anilines is 2. The van der Waals surface area contributed by atoms with Crippen molar-refractivity contribution in [1.29, 1.82) is 0 Å². The Balaban J connectivity index is 1.87. The molecule has 0 spiro atoms. The molecule has 0 unspecified atom stereocenters. The van der Waals surface area contributed by atoms with Gasteiger partial charge in [-0.3, -0.25) is 9.10 Å². The summed E-state index contributed by atoms with van der Waals surface area (Å²) in [7, 11) is -3.33. The SMILES string of the molecule is CC(C)n1nccc1NC(=O)c1ccc2c(c1)C[C@H](C)N2S(C)(=O)=O. The van der Waals surface area contributed by atoms with Gasteiger partial charge in [0.05, 0.1) is 18.1 Å². The number of aromatic nitrogens is 2. The van der Waals surface area contributed by atoms with E-state index in [0.717, 1.165) is 5.56 Å². The van der Waals surface area contributed by atoms with E-state index in [-0.39, 0.29) is 18.0 Å². The van der Waals surface area contributed by atoms with Crippen LogP contribution in [-0.4, -0.2) is 36.4 Å². The van der Waals surface area contributed by atoms with Gasteiger partial charge in [-0.15, -0.1) is 0 Å². The molecule has 1 N–H and O–H groups in total. The summed E-state index contributed by atoms with van der Waals surface area (Å²) in [5.74, 6) is 0.391. The first kappa shape index (κ1) is 17.5. The topological polar surface area (TPSA) is 84.3 Å². The predicted molar refractivity (Wildman–Crippen MR) is 97.5 cm³/mol. The van der Waals surface area contributed by atoms with Crippen molar-refractivity contribution in [3.05, 3.63) is 41.6 Å². The van der Waals surface area contributed by atoms with Crippen LogP contribution < -0.4 is 9.62 Å². The van der Waals surface area contributed by atoms with E-state index in [2.05, 4.69) is 10.4 Å². The zero-order chi connectivity index (χ0) is 18.4. The van der Waals surface area contributed by atoms with Crippen LogP contribution in [-0.2, 0) is 16.4 Å². The zero-order valence-electron chi connectivity index (χ0n) is 14.7. The van der Waals surface area contributed by atoms with Crippen LogP contribution in [0.5, 0.6) is 0 Å². The molecule has 1 atom stereocenters. The highest BCUT2D eigenvalue weighted by atomic mass is 32.2. The molecule has 25 heavy (non-hydrogen) atoms. The van der Waals surface area contributed by atoms with E-state index in [9.17, 15) is 13.2 Å². The summed E-state index contributed by atoms with van der Waals surface area (Å²) in [5.41, 5.74) is 2.01. The fourth-order valence-corrected chi connectivity index (χ4v) is 4.53. The molecular weight excluding hydrogens is 340 g/mol. The number of carbonyl (C=O) groups is 1. The molecular formula is C17H22N4O3S. The highest BCUT2D eigenvalue weighted by Crippen LogP contribution is 2.34. The number of nitrogens with one attached hydrogen (secondary N) is 1. The molecule has 1 amide bonds. The second kappa shape index (κ2) is 6.18. The van der Waals surface area contributed by atoms with E-state index in [1.54, 1.807) is 35.1 Å². The van der Waals surface area contributed by atoms with Gasteiger partial charge in [0, 0.05) is 23.7 Å². The molecule has 1 aromatic heterocycles. The first-order valence-corrected chi connectivity index (χ1v) is 10.0. The average molecular weight is 362 g/mol. The average Bonchev–Trinajstić information content (AvgIpc) is 3.08. The highest BCUT2D eigenvalue weighted by Gasteiger charge is 2.32. The summed E-state index contributed by atoms with van der Waals surface area (Å²) >= 11 is 0. The fourth-order valence-electron chi connectivity index (χ4n) is 3.26. The minimum atomic E-state index is -3.33. The molecule has 1 aliphatic rings. The smallest absolute Gasteiger partial charge is 0.256 e. The molecule has 1 aliphatic heterocycles. The Kier molecular flexibility index (Phi) is 4.32. The van der Waals surface area contributed by atoms with Crippen LogP contribution in [0.3, 0.4) is 0 Å². The van der Waals surface area contributed by atoms with Crippen LogP contribution in [0, 0.1) is 0 Å². The third-order valence-corrected chi connectivity index (χ3v) is 5.52. The lowest BCUT2D eigenvalue weighted by Crippen LogP contribution is -2.34. The lowest BCUT2D eigenvalue weighted by atomic mass is 10.1. The van der Waals surface area contributed by atoms with Gasteiger partial charge in [-0.25, -0.2) is 13.1 Å². The fraction of sp³-hybridized carbons (Fsp3) is 0.412. The Labute approximate surface area is 147 Å². The lowest BCUT2D eigenvalue weighted by Gasteiger charge is -2.21. The zero-order valence-corrected chi connectivity index (χ0v) is 15.5. The Morgan fingerprint density at radius 3 is 2.68 bits per heavy atom. The van der Waals surface area contributed by atoms with Gasteiger partial charge in [0.1, 0.15) is 5.82 Å². The van der Waals surface area contributed by atoms with E-state index in [1.807, 2.05) is 20.8 Å². The number of rotatable bonds is 4. The van der Waals surface area contributed by atoms with Crippen molar-refractivity contribution >= 4 is 27.4 Å². The molecule has 0 radical (unpaired) electrons. The van der Waals surface area contributed by atoms with Gasteiger partial charge in [0.15, 0.2) is 0 Å². The molecule has 7 nitrogen and oxygen atoms in total. The van der Waals surface area contributed by atoms with Crippen LogP contribution in [0.1, 0.15) is 42.7 Å².